The van der Waals surface area contributed by atoms with E-state index in [1.54, 1.807) is 6.92 Å². The standard InChI is InChI=1S/C5H11F2NO2S/c1-2-4-11(9,10)5-3-8(6)7/h2-5H2,1H3. The second kappa shape index (κ2) is 4.61. The van der Waals surface area contributed by atoms with Gasteiger partial charge < -0.3 is 0 Å². The molecule has 0 atom stereocenters. The number of sulfone groups is 1. The highest BCUT2D eigenvalue weighted by molar-refractivity contribution is 7.91. The first-order valence-electron chi connectivity index (χ1n) is 3.27. The van der Waals surface area contributed by atoms with E-state index in [1.165, 1.54) is 0 Å². The van der Waals surface area contributed by atoms with Crippen molar-refractivity contribution in [2.45, 2.75) is 13.3 Å². The van der Waals surface area contributed by atoms with Crippen LogP contribution in [0.1, 0.15) is 13.3 Å². The highest BCUT2D eigenvalue weighted by Gasteiger charge is 2.11. The summed E-state index contributed by atoms with van der Waals surface area (Å²) >= 11 is 0. The number of hydrogen-bond acceptors (Lipinski definition) is 3. The second-order valence-electron chi connectivity index (χ2n) is 2.18. The van der Waals surface area contributed by atoms with Crippen LogP contribution < -0.4 is 0 Å². The van der Waals surface area contributed by atoms with Crippen LogP contribution in [0.2, 0.25) is 0 Å². The molecule has 3 nitrogen and oxygen atoms in total. The summed E-state index contributed by atoms with van der Waals surface area (Å²) in [7, 11) is -3.25. The van der Waals surface area contributed by atoms with Gasteiger partial charge in [-0.3, -0.25) is 0 Å². The zero-order valence-corrected chi connectivity index (χ0v) is 7.07. The first-order chi connectivity index (χ1) is 4.98. The van der Waals surface area contributed by atoms with E-state index in [0.29, 0.717) is 6.42 Å². The lowest BCUT2D eigenvalue weighted by molar-refractivity contribution is -0.147. The monoisotopic (exact) mass is 187 g/mol. The average molecular weight is 187 g/mol. The van der Waals surface area contributed by atoms with Crippen molar-refractivity contribution in [2.75, 3.05) is 18.1 Å². The maximum Gasteiger partial charge on any atom is 0.151 e. The highest BCUT2D eigenvalue weighted by Crippen LogP contribution is 1.96. The van der Waals surface area contributed by atoms with Crippen LogP contribution in [0.25, 0.3) is 0 Å². The van der Waals surface area contributed by atoms with E-state index >= 15 is 0 Å². The molecule has 11 heavy (non-hydrogen) atoms. The Morgan fingerprint density at radius 2 is 1.82 bits per heavy atom. The molecule has 0 aliphatic rings. The van der Waals surface area contributed by atoms with E-state index < -0.39 is 27.5 Å². The Labute approximate surface area is 64.8 Å². The third-order valence-electron chi connectivity index (χ3n) is 1.09. The predicted octanol–water partition coefficient (Wildman–Crippen LogP) is 0.882. The third-order valence-corrected chi connectivity index (χ3v) is 2.92. The third kappa shape index (κ3) is 6.18. The molecule has 6 heteroatoms. The summed E-state index contributed by atoms with van der Waals surface area (Å²) in [5.74, 6) is -0.478. The van der Waals surface area contributed by atoms with Gasteiger partial charge in [-0.2, -0.15) is 0 Å². The summed E-state index contributed by atoms with van der Waals surface area (Å²) in [5, 5.41) is -1.12. The summed E-state index contributed by atoms with van der Waals surface area (Å²) in [6, 6.07) is 0. The second-order valence-corrected chi connectivity index (χ2v) is 4.48. The van der Waals surface area contributed by atoms with Gasteiger partial charge in [0.25, 0.3) is 0 Å². The summed E-state index contributed by atoms with van der Waals surface area (Å²) < 4.78 is 44.3. The fraction of sp³-hybridized carbons (Fsp3) is 1.00. The molecule has 0 aromatic heterocycles. The van der Waals surface area contributed by atoms with Crippen molar-refractivity contribution in [2.24, 2.45) is 0 Å². The van der Waals surface area contributed by atoms with Gasteiger partial charge in [0.1, 0.15) is 0 Å². The highest BCUT2D eigenvalue weighted by atomic mass is 32.2. The van der Waals surface area contributed by atoms with Crippen LogP contribution in [0, 0.1) is 0 Å². The largest absolute Gasteiger partial charge is 0.229 e. The molecule has 0 fully saturated rings. The molecule has 0 spiro atoms. The number of rotatable bonds is 5. The average Bonchev–Trinajstić information content (AvgIpc) is 1.84. The Morgan fingerprint density at radius 3 is 2.18 bits per heavy atom. The van der Waals surface area contributed by atoms with Gasteiger partial charge in [0.2, 0.25) is 0 Å². The van der Waals surface area contributed by atoms with E-state index in [1.807, 2.05) is 0 Å². The van der Waals surface area contributed by atoms with Gasteiger partial charge in [-0.05, 0) is 6.42 Å². The van der Waals surface area contributed by atoms with Crippen LogP contribution in [-0.4, -0.2) is 31.8 Å². The van der Waals surface area contributed by atoms with Crippen LogP contribution in [0.15, 0.2) is 0 Å². The lowest BCUT2D eigenvalue weighted by atomic mass is 10.6. The van der Waals surface area contributed by atoms with Crippen molar-refractivity contribution < 1.29 is 17.4 Å². The molecule has 0 rings (SSSR count). The van der Waals surface area contributed by atoms with Gasteiger partial charge in [0.15, 0.2) is 9.84 Å². The summed E-state index contributed by atoms with van der Waals surface area (Å²) in [4.78, 5) is 0. The molecule has 0 saturated heterocycles. The van der Waals surface area contributed by atoms with E-state index in [0.717, 1.165) is 0 Å². The summed E-state index contributed by atoms with van der Waals surface area (Å²) in [5.41, 5.74) is 0. The molecule has 0 heterocycles. The molecule has 0 radical (unpaired) electrons. The smallest absolute Gasteiger partial charge is 0.151 e. The molecular formula is C5H11F2NO2S. The Bertz CT molecular complexity index is 191. The predicted molar refractivity (Wildman–Crippen MR) is 37.9 cm³/mol. The molecule has 0 N–H and O–H groups in total. The number of nitrogens with zero attached hydrogens (tertiary/aromatic N) is 1. The Balaban J connectivity index is 3.74. The first-order valence-corrected chi connectivity index (χ1v) is 5.09. The van der Waals surface area contributed by atoms with Gasteiger partial charge >= 0.3 is 0 Å². The van der Waals surface area contributed by atoms with E-state index in [2.05, 4.69) is 0 Å². The van der Waals surface area contributed by atoms with Crippen molar-refractivity contribution in [1.29, 1.82) is 0 Å². The summed E-state index contributed by atoms with van der Waals surface area (Å²) in [6.45, 7) is 0.989. The van der Waals surface area contributed by atoms with Crippen molar-refractivity contribution in [3.63, 3.8) is 0 Å². The van der Waals surface area contributed by atoms with Crippen LogP contribution in [0.3, 0.4) is 0 Å². The van der Waals surface area contributed by atoms with Crippen LogP contribution in [0.5, 0.6) is 0 Å². The van der Waals surface area contributed by atoms with Gasteiger partial charge in [-0.25, -0.2) is 8.42 Å². The molecule has 0 aliphatic carbocycles. The normalized spacial score (nSPS) is 12.4. The minimum absolute atomic E-state index is 0.0131. The van der Waals surface area contributed by atoms with Crippen molar-refractivity contribution >= 4 is 9.84 Å². The molecular weight excluding hydrogens is 176 g/mol. The topological polar surface area (TPSA) is 37.4 Å². The first kappa shape index (κ1) is 10.8. The molecule has 0 unspecified atom stereocenters. The van der Waals surface area contributed by atoms with Gasteiger partial charge in [0.05, 0.1) is 12.3 Å². The Morgan fingerprint density at radius 1 is 1.27 bits per heavy atom. The van der Waals surface area contributed by atoms with Crippen molar-refractivity contribution in [3.05, 3.63) is 0 Å². The molecule has 0 aromatic carbocycles. The van der Waals surface area contributed by atoms with Crippen molar-refractivity contribution in [3.8, 4) is 0 Å². The maximum absolute atomic E-state index is 11.4. The Hall–Kier alpha value is -0.230. The van der Waals surface area contributed by atoms with Crippen LogP contribution in [-0.2, 0) is 9.84 Å². The Kier molecular flexibility index (Phi) is 4.51. The van der Waals surface area contributed by atoms with Crippen molar-refractivity contribution in [1.82, 2.24) is 5.34 Å². The molecule has 0 aromatic rings. The molecule has 0 bridgehead atoms. The van der Waals surface area contributed by atoms with E-state index in [9.17, 15) is 17.4 Å². The molecule has 0 aliphatic heterocycles. The number of halogens is 2. The fourth-order valence-electron chi connectivity index (χ4n) is 0.621. The molecule has 68 valence electrons. The molecule has 0 amide bonds. The lowest BCUT2D eigenvalue weighted by Gasteiger charge is -2.01. The summed E-state index contributed by atoms with van der Waals surface area (Å²) in [6.07, 6.45) is 0.473. The van der Waals surface area contributed by atoms with E-state index in [4.69, 9.17) is 0 Å². The zero-order chi connectivity index (χ0) is 8.91. The van der Waals surface area contributed by atoms with E-state index in [-0.39, 0.29) is 5.75 Å². The van der Waals surface area contributed by atoms with Gasteiger partial charge in [-0.1, -0.05) is 6.92 Å². The SMILES string of the molecule is CCCS(=O)(=O)CCN(F)F. The van der Waals surface area contributed by atoms with Gasteiger partial charge in [0, 0.05) is 11.1 Å². The van der Waals surface area contributed by atoms with Gasteiger partial charge in [-0.15, -0.1) is 8.96 Å². The van der Waals surface area contributed by atoms with Crippen LogP contribution >= 0.6 is 0 Å². The quantitative estimate of drug-likeness (QED) is 0.600. The minimum Gasteiger partial charge on any atom is -0.229 e. The number of hydrogen-bond donors (Lipinski definition) is 0. The van der Waals surface area contributed by atoms with Crippen LogP contribution in [0.4, 0.5) is 8.96 Å². The maximum atomic E-state index is 11.4. The minimum atomic E-state index is -3.25. The molecule has 0 saturated carbocycles. The zero-order valence-electron chi connectivity index (χ0n) is 6.26. The fourth-order valence-corrected chi connectivity index (χ4v) is 1.86. The lowest BCUT2D eigenvalue weighted by Crippen LogP contribution is -2.18.